The minimum absolute atomic E-state index is 0.197. The molecule has 0 saturated carbocycles. The average molecular weight is 314 g/mol. The maximum atomic E-state index is 12.2. The summed E-state index contributed by atoms with van der Waals surface area (Å²) in [4.78, 5) is 4.30. The van der Waals surface area contributed by atoms with Gasteiger partial charge in [-0.15, -0.1) is 11.3 Å². The molecule has 0 radical (unpaired) electrons. The third-order valence-electron chi connectivity index (χ3n) is 2.87. The van der Waals surface area contributed by atoms with Crippen molar-refractivity contribution < 1.29 is 8.42 Å². The van der Waals surface area contributed by atoms with Gasteiger partial charge in [0.2, 0.25) is 10.0 Å². The Morgan fingerprint density at radius 1 is 1.50 bits per heavy atom. The summed E-state index contributed by atoms with van der Waals surface area (Å²) in [6.07, 6.45) is 2.56. The fourth-order valence-electron chi connectivity index (χ4n) is 1.87. The fourth-order valence-corrected chi connectivity index (χ4v) is 3.49. The zero-order valence-corrected chi connectivity index (χ0v) is 12.9. The summed E-state index contributed by atoms with van der Waals surface area (Å²) >= 11 is 1.44. The standard InChI is InChI=1S/C12H18N4O2S2/c1-2-3-16-7-12(4-11(16)5-13)20(17,18)15-6-10-8-19-9-14-10/h4,7-9,15H,2-3,5-6,13H2,1H3. The first-order chi connectivity index (χ1) is 9.56. The smallest absolute Gasteiger partial charge is 0.242 e. The molecule has 0 fully saturated rings. The molecule has 0 bridgehead atoms. The van der Waals surface area contributed by atoms with E-state index < -0.39 is 10.0 Å². The Morgan fingerprint density at radius 3 is 2.90 bits per heavy atom. The third-order valence-corrected chi connectivity index (χ3v) is 4.88. The lowest BCUT2D eigenvalue weighted by Crippen LogP contribution is -2.23. The van der Waals surface area contributed by atoms with Crippen LogP contribution in [0.3, 0.4) is 0 Å². The van der Waals surface area contributed by atoms with E-state index >= 15 is 0 Å². The molecule has 0 atom stereocenters. The van der Waals surface area contributed by atoms with Crippen LogP contribution in [0.5, 0.6) is 0 Å². The van der Waals surface area contributed by atoms with Crippen molar-refractivity contribution in [2.45, 2.75) is 37.9 Å². The molecule has 110 valence electrons. The van der Waals surface area contributed by atoms with E-state index in [1.54, 1.807) is 17.8 Å². The normalized spacial score (nSPS) is 11.9. The molecule has 0 saturated heterocycles. The molecule has 0 aliphatic carbocycles. The summed E-state index contributed by atoms with van der Waals surface area (Å²) < 4.78 is 28.9. The van der Waals surface area contributed by atoms with Gasteiger partial charge in [0, 0.05) is 30.4 Å². The second kappa shape index (κ2) is 6.49. The molecule has 8 heteroatoms. The average Bonchev–Trinajstić information content (AvgIpc) is 3.06. The van der Waals surface area contributed by atoms with Gasteiger partial charge in [-0.3, -0.25) is 0 Å². The van der Waals surface area contributed by atoms with Crippen LogP contribution in [-0.4, -0.2) is 18.0 Å². The van der Waals surface area contributed by atoms with Crippen molar-refractivity contribution >= 4 is 21.4 Å². The van der Waals surface area contributed by atoms with Crippen molar-refractivity contribution in [2.24, 2.45) is 5.73 Å². The predicted molar refractivity (Wildman–Crippen MR) is 78.8 cm³/mol. The van der Waals surface area contributed by atoms with Crippen molar-refractivity contribution in [1.82, 2.24) is 14.3 Å². The highest BCUT2D eigenvalue weighted by molar-refractivity contribution is 7.89. The Morgan fingerprint density at radius 2 is 2.30 bits per heavy atom. The number of nitrogens with zero attached hydrogens (tertiary/aromatic N) is 2. The molecule has 0 spiro atoms. The van der Waals surface area contributed by atoms with E-state index in [-0.39, 0.29) is 11.4 Å². The lowest BCUT2D eigenvalue weighted by Gasteiger charge is -2.04. The first kappa shape index (κ1) is 15.2. The number of aromatic nitrogens is 2. The van der Waals surface area contributed by atoms with Crippen LogP contribution < -0.4 is 10.5 Å². The highest BCUT2D eigenvalue weighted by Crippen LogP contribution is 2.15. The highest BCUT2D eigenvalue weighted by Gasteiger charge is 2.18. The lowest BCUT2D eigenvalue weighted by atomic mass is 10.4. The number of aryl methyl sites for hydroxylation is 1. The van der Waals surface area contributed by atoms with Crippen molar-refractivity contribution in [3.05, 3.63) is 34.5 Å². The highest BCUT2D eigenvalue weighted by atomic mass is 32.2. The zero-order chi connectivity index (χ0) is 14.6. The van der Waals surface area contributed by atoms with Gasteiger partial charge in [0.1, 0.15) is 0 Å². The SMILES string of the molecule is CCCn1cc(S(=O)(=O)NCc2cscn2)cc1CN. The number of hydrogen-bond acceptors (Lipinski definition) is 5. The van der Waals surface area contributed by atoms with Crippen LogP contribution in [0.4, 0.5) is 0 Å². The monoisotopic (exact) mass is 314 g/mol. The molecular formula is C12H18N4O2S2. The van der Waals surface area contributed by atoms with Crippen molar-refractivity contribution in [1.29, 1.82) is 0 Å². The Labute approximate surface area is 122 Å². The zero-order valence-electron chi connectivity index (χ0n) is 11.2. The quantitative estimate of drug-likeness (QED) is 0.806. The fraction of sp³-hybridized carbons (Fsp3) is 0.417. The summed E-state index contributed by atoms with van der Waals surface area (Å²) in [5.41, 5.74) is 8.85. The van der Waals surface area contributed by atoms with Crippen LogP contribution >= 0.6 is 11.3 Å². The van der Waals surface area contributed by atoms with E-state index in [1.807, 2.05) is 16.9 Å². The van der Waals surface area contributed by atoms with Gasteiger partial charge in [-0.25, -0.2) is 18.1 Å². The molecule has 2 aromatic rings. The number of rotatable bonds is 7. The predicted octanol–water partition coefficient (Wildman–Crippen LogP) is 1.29. The first-order valence-corrected chi connectivity index (χ1v) is 8.75. The molecule has 20 heavy (non-hydrogen) atoms. The second-order valence-corrected chi connectivity index (χ2v) is 6.85. The summed E-state index contributed by atoms with van der Waals surface area (Å²) in [6, 6.07) is 1.62. The van der Waals surface area contributed by atoms with E-state index in [0.717, 1.165) is 18.7 Å². The summed E-state index contributed by atoms with van der Waals surface area (Å²) in [5, 5.41) is 1.82. The van der Waals surface area contributed by atoms with Gasteiger partial charge < -0.3 is 10.3 Å². The van der Waals surface area contributed by atoms with Crippen LogP contribution in [0, 0.1) is 0 Å². The van der Waals surface area contributed by atoms with Crippen molar-refractivity contribution in [2.75, 3.05) is 0 Å². The van der Waals surface area contributed by atoms with Gasteiger partial charge in [-0.1, -0.05) is 6.92 Å². The number of sulfonamides is 1. The number of hydrogen-bond donors (Lipinski definition) is 2. The molecule has 2 heterocycles. The van der Waals surface area contributed by atoms with Gasteiger partial charge >= 0.3 is 0 Å². The van der Waals surface area contributed by atoms with E-state index in [4.69, 9.17) is 5.73 Å². The maximum absolute atomic E-state index is 12.2. The minimum atomic E-state index is -3.53. The van der Waals surface area contributed by atoms with Crippen LogP contribution in [0.2, 0.25) is 0 Å². The van der Waals surface area contributed by atoms with Crippen LogP contribution in [-0.2, 0) is 29.7 Å². The minimum Gasteiger partial charge on any atom is -0.349 e. The van der Waals surface area contributed by atoms with Gasteiger partial charge in [0.25, 0.3) is 0 Å². The Kier molecular flexibility index (Phi) is 4.92. The van der Waals surface area contributed by atoms with Crippen molar-refractivity contribution in [3.63, 3.8) is 0 Å². The number of thiazole rings is 1. The van der Waals surface area contributed by atoms with E-state index in [1.165, 1.54) is 11.3 Å². The number of nitrogens with two attached hydrogens (primary N) is 1. The molecule has 0 aliphatic rings. The lowest BCUT2D eigenvalue weighted by molar-refractivity contribution is 0.579. The topological polar surface area (TPSA) is 90.0 Å². The van der Waals surface area contributed by atoms with Gasteiger partial charge in [0.05, 0.1) is 22.6 Å². The van der Waals surface area contributed by atoms with Crippen LogP contribution in [0.1, 0.15) is 24.7 Å². The molecule has 0 unspecified atom stereocenters. The summed E-state index contributed by atoms with van der Waals surface area (Å²) in [6.45, 7) is 3.31. The first-order valence-electron chi connectivity index (χ1n) is 6.32. The van der Waals surface area contributed by atoms with E-state index in [9.17, 15) is 8.42 Å². The maximum Gasteiger partial charge on any atom is 0.242 e. The van der Waals surface area contributed by atoms with Crippen molar-refractivity contribution in [3.8, 4) is 0 Å². The Bertz CT molecular complexity index is 647. The van der Waals surface area contributed by atoms with Crippen LogP contribution in [0.15, 0.2) is 28.0 Å². The molecule has 0 aliphatic heterocycles. The number of nitrogens with one attached hydrogen (secondary N) is 1. The molecule has 6 nitrogen and oxygen atoms in total. The molecule has 2 rings (SSSR count). The summed E-state index contributed by atoms with van der Waals surface area (Å²) in [5.74, 6) is 0. The molecule has 3 N–H and O–H groups in total. The van der Waals surface area contributed by atoms with Crippen LogP contribution in [0.25, 0.3) is 0 Å². The van der Waals surface area contributed by atoms with Gasteiger partial charge in [-0.2, -0.15) is 0 Å². The van der Waals surface area contributed by atoms with E-state index in [0.29, 0.717) is 12.2 Å². The Balaban J connectivity index is 2.16. The molecular weight excluding hydrogens is 296 g/mol. The summed E-state index contributed by atoms with van der Waals surface area (Å²) in [7, 11) is -3.53. The van der Waals surface area contributed by atoms with E-state index in [2.05, 4.69) is 9.71 Å². The second-order valence-electron chi connectivity index (χ2n) is 4.37. The molecule has 2 aromatic heterocycles. The Hall–Kier alpha value is -1.22. The molecule has 0 amide bonds. The molecule has 0 aromatic carbocycles. The largest absolute Gasteiger partial charge is 0.349 e. The third kappa shape index (κ3) is 3.45. The van der Waals surface area contributed by atoms with Gasteiger partial charge in [-0.05, 0) is 12.5 Å². The van der Waals surface area contributed by atoms with Gasteiger partial charge in [0.15, 0.2) is 0 Å².